The van der Waals surface area contributed by atoms with Gasteiger partial charge in [-0.05, 0) is 69.5 Å². The molecule has 1 unspecified atom stereocenters. The standard InChI is InChI=1S/C30H33N3O2.ClH/c1-21-10-13-25(14-11-21)35-17-7-6-16-32-28-9-5-4-8-26(28)31-30(32)24-19-29(34)33(20-24)27-15-12-22(2)18-23(27)3;/h4-5,8-15,18,24H,6-7,16-17,19-20H2,1-3H3;1H. The highest BCUT2D eigenvalue weighted by atomic mass is 35.5. The number of unbranched alkanes of at least 4 members (excludes halogenated alkanes) is 1. The first-order valence-corrected chi connectivity index (χ1v) is 12.5. The predicted molar refractivity (Wildman–Crippen MR) is 149 cm³/mol. The SMILES string of the molecule is Cc1ccc(OCCCCn2c(C3CC(=O)N(c4ccc(C)cc4C)C3)nc3ccccc32)cc1.Cl. The van der Waals surface area contributed by atoms with E-state index >= 15 is 0 Å². The number of aromatic nitrogens is 2. The minimum atomic E-state index is 0. The molecule has 6 heteroatoms. The minimum Gasteiger partial charge on any atom is -0.494 e. The predicted octanol–water partition coefficient (Wildman–Crippen LogP) is 6.76. The molecule has 0 bridgehead atoms. The van der Waals surface area contributed by atoms with Crippen LogP contribution in [0, 0.1) is 20.8 Å². The lowest BCUT2D eigenvalue weighted by Crippen LogP contribution is -2.25. The first-order valence-electron chi connectivity index (χ1n) is 12.5. The summed E-state index contributed by atoms with van der Waals surface area (Å²) in [4.78, 5) is 20.0. The van der Waals surface area contributed by atoms with Crippen LogP contribution in [-0.2, 0) is 11.3 Å². The van der Waals surface area contributed by atoms with Gasteiger partial charge in [0.15, 0.2) is 0 Å². The second-order valence-corrected chi connectivity index (χ2v) is 9.67. The van der Waals surface area contributed by atoms with Crippen molar-refractivity contribution >= 4 is 35.0 Å². The van der Waals surface area contributed by atoms with Crippen LogP contribution < -0.4 is 9.64 Å². The lowest BCUT2D eigenvalue weighted by atomic mass is 10.1. The van der Waals surface area contributed by atoms with Crippen molar-refractivity contribution < 1.29 is 9.53 Å². The van der Waals surface area contributed by atoms with Crippen LogP contribution >= 0.6 is 12.4 Å². The Labute approximate surface area is 219 Å². The van der Waals surface area contributed by atoms with Crippen molar-refractivity contribution in [3.63, 3.8) is 0 Å². The first-order chi connectivity index (χ1) is 17.0. The van der Waals surface area contributed by atoms with Crippen LogP contribution in [0.3, 0.4) is 0 Å². The number of carbonyl (C=O) groups is 1. The number of halogens is 1. The number of carbonyl (C=O) groups excluding carboxylic acids is 1. The Hall–Kier alpha value is -3.31. The Morgan fingerprint density at radius 1 is 0.944 bits per heavy atom. The van der Waals surface area contributed by atoms with E-state index in [0.29, 0.717) is 19.6 Å². The van der Waals surface area contributed by atoms with Crippen molar-refractivity contribution in [1.82, 2.24) is 9.55 Å². The third kappa shape index (κ3) is 5.41. The van der Waals surface area contributed by atoms with Gasteiger partial charge in [0.2, 0.25) is 5.91 Å². The maximum Gasteiger partial charge on any atom is 0.227 e. The van der Waals surface area contributed by atoms with Gasteiger partial charge < -0.3 is 14.2 Å². The van der Waals surface area contributed by atoms with E-state index < -0.39 is 0 Å². The summed E-state index contributed by atoms with van der Waals surface area (Å²) in [7, 11) is 0. The molecule has 4 aromatic rings. The highest BCUT2D eigenvalue weighted by Gasteiger charge is 2.35. The number of ether oxygens (including phenoxy) is 1. The number of para-hydroxylation sites is 2. The van der Waals surface area contributed by atoms with Crippen LogP contribution in [0.2, 0.25) is 0 Å². The molecule has 188 valence electrons. The summed E-state index contributed by atoms with van der Waals surface area (Å²) in [6.45, 7) is 8.46. The van der Waals surface area contributed by atoms with E-state index in [0.717, 1.165) is 53.2 Å². The molecule has 0 radical (unpaired) electrons. The fourth-order valence-electron chi connectivity index (χ4n) is 5.06. The zero-order chi connectivity index (χ0) is 24.4. The number of hydrogen-bond acceptors (Lipinski definition) is 3. The van der Waals surface area contributed by atoms with E-state index in [-0.39, 0.29) is 24.2 Å². The largest absolute Gasteiger partial charge is 0.494 e. The fraction of sp³-hybridized carbons (Fsp3) is 0.333. The maximum atomic E-state index is 13.0. The molecular weight excluding hydrogens is 470 g/mol. The van der Waals surface area contributed by atoms with E-state index in [9.17, 15) is 4.79 Å². The monoisotopic (exact) mass is 503 g/mol. The number of amides is 1. The molecule has 0 aliphatic carbocycles. The van der Waals surface area contributed by atoms with Crippen LogP contribution in [0.1, 0.15) is 47.7 Å². The van der Waals surface area contributed by atoms with Gasteiger partial charge in [0.05, 0.1) is 17.6 Å². The molecule has 0 N–H and O–H groups in total. The highest BCUT2D eigenvalue weighted by Crippen LogP contribution is 2.35. The molecule has 5 rings (SSSR count). The van der Waals surface area contributed by atoms with Gasteiger partial charge in [0.25, 0.3) is 0 Å². The zero-order valence-corrected chi connectivity index (χ0v) is 22.1. The molecule has 5 nitrogen and oxygen atoms in total. The van der Waals surface area contributed by atoms with Crippen molar-refractivity contribution in [2.45, 2.75) is 52.5 Å². The number of rotatable bonds is 8. The minimum absolute atomic E-state index is 0. The summed E-state index contributed by atoms with van der Waals surface area (Å²) in [6, 6.07) is 22.8. The van der Waals surface area contributed by atoms with E-state index in [4.69, 9.17) is 9.72 Å². The van der Waals surface area contributed by atoms with Crippen LogP contribution in [-0.4, -0.2) is 28.6 Å². The van der Waals surface area contributed by atoms with Gasteiger partial charge in [-0.1, -0.05) is 47.5 Å². The van der Waals surface area contributed by atoms with Crippen LogP contribution in [0.5, 0.6) is 5.75 Å². The van der Waals surface area contributed by atoms with E-state index in [1.807, 2.05) is 23.1 Å². The summed E-state index contributed by atoms with van der Waals surface area (Å²) < 4.78 is 8.24. The second kappa shape index (κ2) is 11.2. The molecule has 1 fully saturated rings. The lowest BCUT2D eigenvalue weighted by Gasteiger charge is -2.20. The van der Waals surface area contributed by atoms with E-state index in [1.54, 1.807) is 0 Å². The Kier molecular flexibility index (Phi) is 8.00. The van der Waals surface area contributed by atoms with Crippen molar-refractivity contribution in [3.8, 4) is 5.75 Å². The number of imidazole rings is 1. The Bertz CT molecular complexity index is 1350. The molecule has 0 spiro atoms. The molecule has 1 aliphatic heterocycles. The summed E-state index contributed by atoms with van der Waals surface area (Å²) in [5, 5.41) is 0. The van der Waals surface area contributed by atoms with Crippen molar-refractivity contribution in [1.29, 1.82) is 0 Å². The van der Waals surface area contributed by atoms with Gasteiger partial charge in [-0.25, -0.2) is 4.98 Å². The quantitative estimate of drug-likeness (QED) is 0.249. The zero-order valence-electron chi connectivity index (χ0n) is 21.2. The molecule has 3 aromatic carbocycles. The van der Waals surface area contributed by atoms with Gasteiger partial charge in [-0.2, -0.15) is 0 Å². The lowest BCUT2D eigenvalue weighted by molar-refractivity contribution is -0.117. The molecule has 0 saturated carbocycles. The number of aryl methyl sites for hydroxylation is 4. The fourth-order valence-corrected chi connectivity index (χ4v) is 5.06. The number of hydrogen-bond donors (Lipinski definition) is 0. The second-order valence-electron chi connectivity index (χ2n) is 9.67. The normalized spacial score (nSPS) is 15.4. The average Bonchev–Trinajstić information content (AvgIpc) is 3.40. The molecule has 1 aromatic heterocycles. The Morgan fingerprint density at radius 3 is 2.47 bits per heavy atom. The van der Waals surface area contributed by atoms with Crippen LogP contribution in [0.15, 0.2) is 66.7 Å². The first kappa shape index (κ1) is 25.8. The van der Waals surface area contributed by atoms with Gasteiger partial charge in [-0.3, -0.25) is 4.79 Å². The van der Waals surface area contributed by atoms with Crippen molar-refractivity contribution in [2.75, 3.05) is 18.1 Å². The highest BCUT2D eigenvalue weighted by molar-refractivity contribution is 5.97. The number of nitrogens with zero attached hydrogens (tertiary/aromatic N) is 3. The van der Waals surface area contributed by atoms with Gasteiger partial charge in [0, 0.05) is 31.1 Å². The number of benzene rings is 3. The third-order valence-corrected chi connectivity index (χ3v) is 6.88. The Balaban J connectivity index is 0.00000304. The topological polar surface area (TPSA) is 47.4 Å². The molecule has 36 heavy (non-hydrogen) atoms. The van der Waals surface area contributed by atoms with Crippen LogP contribution in [0.25, 0.3) is 11.0 Å². The summed E-state index contributed by atoms with van der Waals surface area (Å²) in [6.07, 6.45) is 2.44. The van der Waals surface area contributed by atoms with E-state index in [1.165, 1.54) is 11.1 Å². The average molecular weight is 504 g/mol. The Morgan fingerprint density at radius 2 is 1.69 bits per heavy atom. The molecule has 1 aliphatic rings. The molecule has 2 heterocycles. The number of fused-ring (bicyclic) bond motifs is 1. The smallest absolute Gasteiger partial charge is 0.227 e. The van der Waals surface area contributed by atoms with E-state index in [2.05, 4.69) is 73.9 Å². The van der Waals surface area contributed by atoms with Gasteiger partial charge in [0.1, 0.15) is 11.6 Å². The van der Waals surface area contributed by atoms with Crippen molar-refractivity contribution in [2.24, 2.45) is 0 Å². The maximum absolute atomic E-state index is 13.0. The van der Waals surface area contributed by atoms with Gasteiger partial charge in [-0.15, -0.1) is 12.4 Å². The van der Waals surface area contributed by atoms with Crippen LogP contribution in [0.4, 0.5) is 5.69 Å². The summed E-state index contributed by atoms with van der Waals surface area (Å²) in [5.74, 6) is 2.19. The third-order valence-electron chi connectivity index (χ3n) is 6.88. The summed E-state index contributed by atoms with van der Waals surface area (Å²) >= 11 is 0. The van der Waals surface area contributed by atoms with Gasteiger partial charge >= 0.3 is 0 Å². The number of anilines is 1. The molecule has 1 atom stereocenters. The molecule has 1 saturated heterocycles. The molecule has 1 amide bonds. The van der Waals surface area contributed by atoms with Crippen molar-refractivity contribution in [3.05, 3.63) is 89.2 Å². The molecular formula is C30H34ClN3O2. The summed E-state index contributed by atoms with van der Waals surface area (Å²) in [5.41, 5.74) is 6.73.